The lowest BCUT2D eigenvalue weighted by molar-refractivity contribution is 0.0632. The highest BCUT2D eigenvalue weighted by Crippen LogP contribution is 2.23. The summed E-state index contributed by atoms with van der Waals surface area (Å²) in [5.74, 6) is 0. The predicted octanol–water partition coefficient (Wildman–Crippen LogP) is 2.68. The van der Waals surface area contributed by atoms with Crippen LogP contribution in [0.4, 0.5) is 0 Å². The molecule has 4 heteroatoms. The highest BCUT2D eigenvalue weighted by molar-refractivity contribution is 9.09. The van der Waals surface area contributed by atoms with E-state index in [1.54, 1.807) is 7.11 Å². The van der Waals surface area contributed by atoms with Crippen molar-refractivity contribution in [3.05, 3.63) is 0 Å². The van der Waals surface area contributed by atoms with Crippen LogP contribution in [0, 0.1) is 0 Å². The van der Waals surface area contributed by atoms with Gasteiger partial charge in [0.15, 0.2) is 0 Å². The van der Waals surface area contributed by atoms with Crippen molar-refractivity contribution in [2.24, 2.45) is 0 Å². The number of methoxy groups -OCH3 is 1. The van der Waals surface area contributed by atoms with Crippen LogP contribution in [0.1, 0.15) is 32.1 Å². The molecule has 0 spiro atoms. The van der Waals surface area contributed by atoms with Crippen LogP contribution in [0.5, 0.6) is 0 Å². The Kier molecular flexibility index (Phi) is 9.34. The van der Waals surface area contributed by atoms with Gasteiger partial charge in [0.2, 0.25) is 0 Å². The van der Waals surface area contributed by atoms with E-state index in [2.05, 4.69) is 20.8 Å². The van der Waals surface area contributed by atoms with Gasteiger partial charge in [0.25, 0.3) is 0 Å². The predicted molar refractivity (Wildman–Crippen MR) is 74.9 cm³/mol. The summed E-state index contributed by atoms with van der Waals surface area (Å²) in [5, 5.41) is 1.08. The molecule has 1 fully saturated rings. The van der Waals surface area contributed by atoms with Crippen molar-refractivity contribution in [3.8, 4) is 0 Å². The standard InChI is InChI=1S/C13H26BrNO2/c1-16-11-12-17-10-4-8-15(9-7-14)13-5-2-3-6-13/h13H,2-12H2,1H3. The third-order valence-electron chi connectivity index (χ3n) is 3.38. The lowest BCUT2D eigenvalue weighted by Gasteiger charge is -2.28. The summed E-state index contributed by atoms with van der Waals surface area (Å²) in [6, 6.07) is 0.825. The first-order valence-corrected chi connectivity index (χ1v) is 7.87. The van der Waals surface area contributed by atoms with Crippen LogP contribution in [-0.4, -0.2) is 56.3 Å². The van der Waals surface area contributed by atoms with Gasteiger partial charge in [0, 0.05) is 38.2 Å². The zero-order valence-corrected chi connectivity index (χ0v) is 12.6. The van der Waals surface area contributed by atoms with Crippen LogP contribution >= 0.6 is 15.9 Å². The fourth-order valence-electron chi connectivity index (χ4n) is 2.47. The molecule has 0 amide bonds. The van der Waals surface area contributed by atoms with Gasteiger partial charge in [-0.05, 0) is 19.3 Å². The molecule has 3 nitrogen and oxygen atoms in total. The fourth-order valence-corrected chi connectivity index (χ4v) is 2.92. The summed E-state index contributed by atoms with van der Waals surface area (Å²) in [4.78, 5) is 2.63. The molecule has 1 aliphatic rings. The van der Waals surface area contributed by atoms with Gasteiger partial charge in [-0.25, -0.2) is 0 Å². The van der Waals surface area contributed by atoms with E-state index >= 15 is 0 Å². The van der Waals surface area contributed by atoms with Crippen molar-refractivity contribution < 1.29 is 9.47 Å². The van der Waals surface area contributed by atoms with E-state index in [0.29, 0.717) is 6.61 Å². The molecule has 0 unspecified atom stereocenters. The normalized spacial score (nSPS) is 17.1. The third-order valence-corrected chi connectivity index (χ3v) is 3.73. The molecule has 0 bridgehead atoms. The van der Waals surface area contributed by atoms with E-state index in [4.69, 9.17) is 9.47 Å². The summed E-state index contributed by atoms with van der Waals surface area (Å²) in [5.41, 5.74) is 0. The average Bonchev–Trinajstić information content (AvgIpc) is 2.86. The number of halogens is 1. The highest BCUT2D eigenvalue weighted by Gasteiger charge is 2.21. The molecule has 1 saturated carbocycles. The Labute approximate surface area is 114 Å². The second-order valence-corrected chi connectivity index (χ2v) is 5.41. The summed E-state index contributed by atoms with van der Waals surface area (Å²) >= 11 is 3.55. The lowest BCUT2D eigenvalue weighted by atomic mass is 10.2. The van der Waals surface area contributed by atoms with Crippen molar-refractivity contribution in [3.63, 3.8) is 0 Å². The van der Waals surface area contributed by atoms with Gasteiger partial charge in [-0.2, -0.15) is 0 Å². The van der Waals surface area contributed by atoms with E-state index in [1.165, 1.54) is 38.8 Å². The third kappa shape index (κ3) is 6.75. The average molecular weight is 308 g/mol. The zero-order chi connectivity index (χ0) is 12.3. The number of ether oxygens (including phenoxy) is 2. The van der Waals surface area contributed by atoms with Crippen LogP contribution in [0.2, 0.25) is 0 Å². The van der Waals surface area contributed by atoms with Gasteiger partial charge < -0.3 is 9.47 Å². The summed E-state index contributed by atoms with van der Waals surface area (Å²) in [6.45, 7) is 4.62. The maximum Gasteiger partial charge on any atom is 0.0700 e. The molecule has 0 aromatic carbocycles. The minimum absolute atomic E-state index is 0.702. The van der Waals surface area contributed by atoms with Gasteiger partial charge in [0.05, 0.1) is 13.2 Å². The molecule has 1 rings (SSSR count). The Morgan fingerprint density at radius 2 is 1.88 bits per heavy atom. The Balaban J connectivity index is 2.07. The first kappa shape index (κ1) is 15.4. The van der Waals surface area contributed by atoms with Gasteiger partial charge in [-0.3, -0.25) is 4.90 Å². The second-order valence-electron chi connectivity index (χ2n) is 4.62. The molecule has 0 radical (unpaired) electrons. The topological polar surface area (TPSA) is 21.7 Å². The SMILES string of the molecule is COCCOCCCN(CCBr)C1CCCC1. The van der Waals surface area contributed by atoms with E-state index < -0.39 is 0 Å². The molecule has 0 N–H and O–H groups in total. The molecule has 0 saturated heterocycles. The van der Waals surface area contributed by atoms with Crippen LogP contribution in [0.25, 0.3) is 0 Å². The maximum atomic E-state index is 5.50. The summed E-state index contributed by atoms with van der Waals surface area (Å²) in [6.07, 6.45) is 6.73. The van der Waals surface area contributed by atoms with E-state index in [9.17, 15) is 0 Å². The van der Waals surface area contributed by atoms with Gasteiger partial charge in [-0.1, -0.05) is 28.8 Å². The summed E-state index contributed by atoms with van der Waals surface area (Å²) < 4.78 is 10.4. The number of alkyl halides is 1. The molecular weight excluding hydrogens is 282 g/mol. The van der Waals surface area contributed by atoms with Crippen molar-refractivity contribution in [1.29, 1.82) is 0 Å². The minimum Gasteiger partial charge on any atom is -0.382 e. The number of rotatable bonds is 10. The number of hydrogen-bond donors (Lipinski definition) is 0. The smallest absolute Gasteiger partial charge is 0.0700 e. The molecule has 102 valence electrons. The van der Waals surface area contributed by atoms with Crippen LogP contribution < -0.4 is 0 Å². The van der Waals surface area contributed by atoms with E-state index in [1.807, 2.05) is 0 Å². The molecule has 0 heterocycles. The van der Waals surface area contributed by atoms with Gasteiger partial charge >= 0.3 is 0 Å². The molecular formula is C13H26BrNO2. The molecule has 0 aliphatic heterocycles. The Hall–Kier alpha value is 0.360. The Morgan fingerprint density at radius 1 is 1.12 bits per heavy atom. The first-order chi connectivity index (χ1) is 8.38. The van der Waals surface area contributed by atoms with Crippen molar-refractivity contribution in [1.82, 2.24) is 4.90 Å². The fraction of sp³-hybridized carbons (Fsp3) is 1.00. The molecule has 1 aliphatic carbocycles. The molecule has 0 atom stereocenters. The molecule has 17 heavy (non-hydrogen) atoms. The van der Waals surface area contributed by atoms with Crippen molar-refractivity contribution in [2.75, 3.05) is 45.4 Å². The van der Waals surface area contributed by atoms with Crippen LogP contribution in [-0.2, 0) is 9.47 Å². The number of nitrogens with zero attached hydrogens (tertiary/aromatic N) is 1. The van der Waals surface area contributed by atoms with Crippen LogP contribution in [0.3, 0.4) is 0 Å². The monoisotopic (exact) mass is 307 g/mol. The van der Waals surface area contributed by atoms with Gasteiger partial charge in [0.1, 0.15) is 0 Å². The zero-order valence-electron chi connectivity index (χ0n) is 11.0. The summed E-state index contributed by atoms with van der Waals surface area (Å²) in [7, 11) is 1.71. The largest absolute Gasteiger partial charge is 0.382 e. The molecule has 0 aromatic heterocycles. The maximum absolute atomic E-state index is 5.50. The quantitative estimate of drug-likeness (QED) is 0.457. The molecule has 0 aromatic rings. The highest BCUT2D eigenvalue weighted by atomic mass is 79.9. The van der Waals surface area contributed by atoms with E-state index in [0.717, 1.165) is 31.0 Å². The van der Waals surface area contributed by atoms with E-state index in [-0.39, 0.29) is 0 Å². The minimum atomic E-state index is 0.702. The Morgan fingerprint density at radius 3 is 2.53 bits per heavy atom. The van der Waals surface area contributed by atoms with Crippen molar-refractivity contribution >= 4 is 15.9 Å². The second kappa shape index (κ2) is 10.3. The van der Waals surface area contributed by atoms with Crippen molar-refractivity contribution in [2.45, 2.75) is 38.1 Å². The number of hydrogen-bond acceptors (Lipinski definition) is 3. The van der Waals surface area contributed by atoms with Crippen LogP contribution in [0.15, 0.2) is 0 Å². The lowest BCUT2D eigenvalue weighted by Crippen LogP contribution is -2.36. The van der Waals surface area contributed by atoms with Gasteiger partial charge in [-0.15, -0.1) is 0 Å². The first-order valence-electron chi connectivity index (χ1n) is 6.75. The Bertz CT molecular complexity index is 175.